The fourth-order valence-corrected chi connectivity index (χ4v) is 2.29. The molecule has 0 bridgehead atoms. The summed E-state index contributed by atoms with van der Waals surface area (Å²) in [4.78, 5) is 9.72. The Kier molecular flexibility index (Phi) is 3.64. The van der Waals surface area contributed by atoms with Crippen LogP contribution in [-0.2, 0) is 0 Å². The van der Waals surface area contributed by atoms with Crippen molar-refractivity contribution < 1.29 is 0 Å². The van der Waals surface area contributed by atoms with Crippen molar-refractivity contribution in [2.24, 2.45) is 0 Å². The molecule has 2 aromatic rings. The average Bonchev–Trinajstić information content (AvgIpc) is 2.29. The molecule has 0 saturated carbocycles. The van der Waals surface area contributed by atoms with Crippen molar-refractivity contribution >= 4 is 17.6 Å². The number of hydrogen-bond acceptors (Lipinski definition) is 4. The van der Waals surface area contributed by atoms with Gasteiger partial charge in [-0.05, 0) is 24.8 Å². The van der Waals surface area contributed by atoms with Crippen molar-refractivity contribution in [3.63, 3.8) is 0 Å². The summed E-state index contributed by atoms with van der Waals surface area (Å²) in [6, 6.07) is 10.2. The summed E-state index contributed by atoms with van der Waals surface area (Å²) < 4.78 is 0. The van der Waals surface area contributed by atoms with Crippen LogP contribution in [0, 0.1) is 6.92 Å². The number of benzene rings is 1. The van der Waals surface area contributed by atoms with Crippen LogP contribution in [0.4, 0.5) is 5.82 Å². The van der Waals surface area contributed by atoms with E-state index in [1.807, 2.05) is 18.7 Å². The van der Waals surface area contributed by atoms with E-state index in [0.29, 0.717) is 11.6 Å². The Balaban J connectivity index is 2.32. The van der Waals surface area contributed by atoms with Gasteiger partial charge in [0.05, 0.1) is 5.69 Å². The first-order valence-corrected chi connectivity index (χ1v) is 6.52. The number of thioether (sulfide) groups is 1. The molecule has 1 aromatic carbocycles. The van der Waals surface area contributed by atoms with E-state index in [1.54, 1.807) is 6.07 Å². The number of rotatable bonds is 3. The maximum Gasteiger partial charge on any atom is 0.128 e. The van der Waals surface area contributed by atoms with Gasteiger partial charge in [-0.1, -0.05) is 19.1 Å². The average molecular weight is 245 g/mol. The van der Waals surface area contributed by atoms with Crippen molar-refractivity contribution in [3.05, 3.63) is 36.2 Å². The zero-order chi connectivity index (χ0) is 12.3. The molecule has 0 saturated heterocycles. The van der Waals surface area contributed by atoms with Crippen molar-refractivity contribution in [1.82, 2.24) is 9.97 Å². The highest BCUT2D eigenvalue weighted by Gasteiger charge is 2.02. The molecule has 17 heavy (non-hydrogen) atoms. The summed E-state index contributed by atoms with van der Waals surface area (Å²) in [6.45, 7) is 3.99. The summed E-state index contributed by atoms with van der Waals surface area (Å²) in [5.74, 6) is 2.30. The molecule has 0 aliphatic carbocycles. The van der Waals surface area contributed by atoms with Crippen LogP contribution in [0.1, 0.15) is 12.7 Å². The lowest BCUT2D eigenvalue weighted by atomic mass is 10.1. The predicted molar refractivity (Wildman–Crippen MR) is 73.0 cm³/mol. The van der Waals surface area contributed by atoms with Crippen LogP contribution < -0.4 is 5.73 Å². The SMILES string of the molecule is CCSc1ccc(-c2cc(N)nc(C)n2)cc1. The van der Waals surface area contributed by atoms with Gasteiger partial charge >= 0.3 is 0 Å². The molecule has 1 heterocycles. The molecule has 0 fully saturated rings. The quantitative estimate of drug-likeness (QED) is 0.844. The molecule has 0 aliphatic rings. The summed E-state index contributed by atoms with van der Waals surface area (Å²) in [5.41, 5.74) is 7.67. The Labute approximate surface area is 105 Å². The lowest BCUT2D eigenvalue weighted by Crippen LogP contribution is -1.97. The molecule has 0 aliphatic heterocycles. The molecular weight excluding hydrogens is 230 g/mol. The second-order valence-corrected chi connectivity index (χ2v) is 5.02. The molecule has 2 rings (SSSR count). The molecule has 0 amide bonds. The molecule has 0 unspecified atom stereocenters. The van der Waals surface area contributed by atoms with E-state index in [9.17, 15) is 0 Å². The van der Waals surface area contributed by atoms with Gasteiger partial charge in [-0.2, -0.15) is 0 Å². The van der Waals surface area contributed by atoms with Crippen LogP contribution in [0.2, 0.25) is 0 Å². The van der Waals surface area contributed by atoms with Crippen LogP contribution in [0.5, 0.6) is 0 Å². The van der Waals surface area contributed by atoms with Gasteiger partial charge in [-0.3, -0.25) is 0 Å². The highest BCUT2D eigenvalue weighted by Crippen LogP contribution is 2.23. The van der Waals surface area contributed by atoms with Crippen molar-refractivity contribution in [1.29, 1.82) is 0 Å². The van der Waals surface area contributed by atoms with Crippen LogP contribution in [0.25, 0.3) is 11.3 Å². The summed E-state index contributed by atoms with van der Waals surface area (Å²) in [7, 11) is 0. The summed E-state index contributed by atoms with van der Waals surface area (Å²) in [5, 5.41) is 0. The van der Waals surface area contributed by atoms with Gasteiger partial charge in [-0.25, -0.2) is 9.97 Å². The van der Waals surface area contributed by atoms with Gasteiger partial charge in [0.2, 0.25) is 0 Å². The standard InChI is InChI=1S/C13H15N3S/c1-3-17-11-6-4-10(5-7-11)12-8-13(14)16-9(2)15-12/h4-8H,3H2,1-2H3,(H2,14,15,16). The number of nitrogen functional groups attached to an aromatic ring is 1. The maximum absolute atomic E-state index is 5.72. The third-order valence-corrected chi connectivity index (χ3v) is 3.21. The smallest absolute Gasteiger partial charge is 0.128 e. The minimum absolute atomic E-state index is 0.513. The van der Waals surface area contributed by atoms with E-state index < -0.39 is 0 Å². The minimum atomic E-state index is 0.513. The topological polar surface area (TPSA) is 51.8 Å². The highest BCUT2D eigenvalue weighted by molar-refractivity contribution is 7.99. The van der Waals surface area contributed by atoms with Crippen LogP contribution in [0.15, 0.2) is 35.2 Å². The van der Waals surface area contributed by atoms with Gasteiger partial charge < -0.3 is 5.73 Å². The van der Waals surface area contributed by atoms with E-state index in [1.165, 1.54) is 4.90 Å². The summed E-state index contributed by atoms with van der Waals surface area (Å²) in [6.07, 6.45) is 0. The monoisotopic (exact) mass is 245 g/mol. The fourth-order valence-electron chi connectivity index (χ4n) is 1.63. The molecule has 0 atom stereocenters. The van der Waals surface area contributed by atoms with E-state index in [0.717, 1.165) is 17.0 Å². The normalized spacial score (nSPS) is 10.5. The number of nitrogens with zero attached hydrogens (tertiary/aromatic N) is 2. The highest BCUT2D eigenvalue weighted by atomic mass is 32.2. The second-order valence-electron chi connectivity index (χ2n) is 3.68. The van der Waals surface area contributed by atoms with Gasteiger partial charge in [0.15, 0.2) is 0 Å². The lowest BCUT2D eigenvalue weighted by Gasteiger charge is -2.04. The Bertz CT molecular complexity index is 488. The third-order valence-electron chi connectivity index (χ3n) is 2.32. The lowest BCUT2D eigenvalue weighted by molar-refractivity contribution is 1.07. The van der Waals surface area contributed by atoms with Gasteiger partial charge in [0, 0.05) is 16.5 Å². The zero-order valence-corrected chi connectivity index (χ0v) is 10.8. The Hall–Kier alpha value is -1.55. The van der Waals surface area contributed by atoms with Gasteiger partial charge in [-0.15, -0.1) is 11.8 Å². The molecule has 2 N–H and O–H groups in total. The number of aromatic nitrogens is 2. The van der Waals surface area contributed by atoms with E-state index in [4.69, 9.17) is 5.73 Å². The Morgan fingerprint density at radius 1 is 1.18 bits per heavy atom. The van der Waals surface area contributed by atoms with Gasteiger partial charge in [0.1, 0.15) is 11.6 Å². The van der Waals surface area contributed by atoms with Crippen molar-refractivity contribution in [3.8, 4) is 11.3 Å². The van der Waals surface area contributed by atoms with Crippen molar-refractivity contribution in [2.45, 2.75) is 18.7 Å². The summed E-state index contributed by atoms with van der Waals surface area (Å²) >= 11 is 1.83. The predicted octanol–water partition coefficient (Wildman–Crippen LogP) is 3.15. The number of hydrogen-bond donors (Lipinski definition) is 1. The van der Waals surface area contributed by atoms with Crippen LogP contribution in [0.3, 0.4) is 0 Å². The first-order valence-electron chi connectivity index (χ1n) is 5.53. The molecular formula is C13H15N3S. The third kappa shape index (κ3) is 2.97. The molecule has 1 aromatic heterocycles. The Morgan fingerprint density at radius 2 is 1.88 bits per heavy atom. The molecule has 4 heteroatoms. The maximum atomic E-state index is 5.72. The largest absolute Gasteiger partial charge is 0.384 e. The first kappa shape index (κ1) is 11.9. The van der Waals surface area contributed by atoms with Crippen LogP contribution >= 0.6 is 11.8 Å². The van der Waals surface area contributed by atoms with E-state index >= 15 is 0 Å². The van der Waals surface area contributed by atoms with Gasteiger partial charge in [0.25, 0.3) is 0 Å². The second kappa shape index (κ2) is 5.19. The first-order chi connectivity index (χ1) is 8.19. The molecule has 3 nitrogen and oxygen atoms in total. The Morgan fingerprint density at radius 3 is 2.47 bits per heavy atom. The molecule has 0 spiro atoms. The van der Waals surface area contributed by atoms with Crippen molar-refractivity contribution in [2.75, 3.05) is 11.5 Å². The van der Waals surface area contributed by atoms with E-state index in [-0.39, 0.29) is 0 Å². The number of nitrogens with two attached hydrogens (primary N) is 1. The zero-order valence-electron chi connectivity index (χ0n) is 9.97. The van der Waals surface area contributed by atoms with Crippen LogP contribution in [-0.4, -0.2) is 15.7 Å². The van der Waals surface area contributed by atoms with E-state index in [2.05, 4.69) is 41.2 Å². The minimum Gasteiger partial charge on any atom is -0.384 e. The fraction of sp³-hybridized carbons (Fsp3) is 0.231. The molecule has 0 radical (unpaired) electrons. The number of anilines is 1. The molecule has 88 valence electrons. The number of aryl methyl sites for hydroxylation is 1.